The first-order valence-electron chi connectivity index (χ1n) is 10.6. The minimum atomic E-state index is -4.09. The van der Waals surface area contributed by atoms with Crippen LogP contribution in [0, 0.1) is 0 Å². The number of halogens is 1. The van der Waals surface area contributed by atoms with Crippen molar-refractivity contribution in [1.82, 2.24) is 0 Å². The third kappa shape index (κ3) is 5.49. The molecule has 0 aromatic heterocycles. The molecule has 0 aliphatic rings. The van der Waals surface area contributed by atoms with Gasteiger partial charge in [-0.05, 0) is 54.3 Å². The summed E-state index contributed by atoms with van der Waals surface area (Å²) >= 11 is 6.18. The van der Waals surface area contributed by atoms with E-state index in [9.17, 15) is 13.2 Å². The number of benzene rings is 3. The largest absolute Gasteiger partial charge is 0.495 e. The van der Waals surface area contributed by atoms with Gasteiger partial charge in [-0.1, -0.05) is 61.8 Å². The number of methoxy groups -OCH3 is 1. The maximum absolute atomic E-state index is 13.6. The van der Waals surface area contributed by atoms with Gasteiger partial charge >= 0.3 is 0 Å². The average Bonchev–Trinajstić information content (AvgIpc) is 2.83. The summed E-state index contributed by atoms with van der Waals surface area (Å²) in [6.07, 6.45) is 1.47. The Balaban J connectivity index is 2.05. The molecule has 1 amide bonds. The van der Waals surface area contributed by atoms with Crippen molar-refractivity contribution >= 4 is 38.9 Å². The molecule has 3 aromatic carbocycles. The summed E-state index contributed by atoms with van der Waals surface area (Å²) in [5, 5.41) is 3.26. The highest BCUT2D eigenvalue weighted by atomic mass is 35.5. The molecular weight excluding hydrogens is 460 g/mol. The molecule has 6 nitrogen and oxygen atoms in total. The van der Waals surface area contributed by atoms with Crippen LogP contribution in [0.4, 0.5) is 11.4 Å². The van der Waals surface area contributed by atoms with Gasteiger partial charge in [0.15, 0.2) is 0 Å². The Bertz CT molecular complexity index is 1210. The first kappa shape index (κ1) is 24.6. The molecule has 0 spiro atoms. The summed E-state index contributed by atoms with van der Waals surface area (Å²) in [5.41, 5.74) is 2.88. The first-order chi connectivity index (χ1) is 15.8. The van der Waals surface area contributed by atoms with Crippen molar-refractivity contribution in [3.05, 3.63) is 82.9 Å². The molecule has 1 N–H and O–H groups in total. The van der Waals surface area contributed by atoms with Crippen molar-refractivity contribution in [1.29, 1.82) is 0 Å². The van der Waals surface area contributed by atoms with E-state index in [0.717, 1.165) is 34.0 Å². The molecule has 0 aliphatic heterocycles. The Morgan fingerprint density at radius 3 is 2.18 bits per heavy atom. The minimum Gasteiger partial charge on any atom is -0.495 e. The highest BCUT2D eigenvalue weighted by Crippen LogP contribution is 2.35. The number of anilines is 2. The zero-order chi connectivity index (χ0) is 24.0. The first-order valence-corrected chi connectivity index (χ1v) is 12.5. The summed E-state index contributed by atoms with van der Waals surface area (Å²) in [4.78, 5) is 13.3. The molecule has 0 fully saturated rings. The number of hydrogen-bond acceptors (Lipinski definition) is 4. The molecule has 33 heavy (non-hydrogen) atoms. The number of aryl methyl sites for hydroxylation is 2. The zero-order valence-electron chi connectivity index (χ0n) is 18.8. The number of rotatable bonds is 9. The van der Waals surface area contributed by atoms with Crippen LogP contribution in [0.15, 0.2) is 71.6 Å². The number of carbonyl (C=O) groups excluding carboxylic acids is 1. The van der Waals surface area contributed by atoms with E-state index >= 15 is 0 Å². The molecule has 174 valence electrons. The summed E-state index contributed by atoms with van der Waals surface area (Å²) < 4.78 is 33.6. The molecular formula is C25H27ClN2O4S. The Labute approximate surface area is 200 Å². The number of amides is 1. The lowest BCUT2D eigenvalue weighted by Crippen LogP contribution is -2.38. The monoisotopic (exact) mass is 486 g/mol. The van der Waals surface area contributed by atoms with Gasteiger partial charge in [0.2, 0.25) is 5.91 Å². The zero-order valence-corrected chi connectivity index (χ0v) is 20.4. The molecule has 8 heteroatoms. The Hall–Kier alpha value is -3.03. The van der Waals surface area contributed by atoms with E-state index in [2.05, 4.69) is 5.32 Å². The lowest BCUT2D eigenvalue weighted by Gasteiger charge is -2.26. The Morgan fingerprint density at radius 1 is 0.970 bits per heavy atom. The number of nitrogens with one attached hydrogen (secondary N) is 1. The predicted molar refractivity (Wildman–Crippen MR) is 133 cm³/mol. The Morgan fingerprint density at radius 2 is 1.61 bits per heavy atom. The SMILES string of the molecule is CCc1cccc(CC)c1NC(=O)CN(c1cc(Cl)ccc1OC)S(=O)(=O)c1ccccc1. The molecule has 0 atom stereocenters. The van der Waals surface area contributed by atoms with E-state index in [1.54, 1.807) is 30.3 Å². The smallest absolute Gasteiger partial charge is 0.264 e. The topological polar surface area (TPSA) is 75.7 Å². The standard InChI is InChI=1S/C25H27ClN2O4S/c1-4-18-10-9-11-19(5-2)25(18)27-24(29)17-28(22-16-20(26)14-15-23(22)32-3)33(30,31)21-12-7-6-8-13-21/h6-16H,4-5,17H2,1-3H3,(H,27,29). The minimum absolute atomic E-state index is 0.0584. The van der Waals surface area contributed by atoms with E-state index in [1.807, 2.05) is 32.0 Å². The molecule has 0 bridgehead atoms. The van der Waals surface area contributed by atoms with Crippen LogP contribution < -0.4 is 14.4 Å². The fourth-order valence-corrected chi connectivity index (χ4v) is 5.20. The fraction of sp³-hybridized carbons (Fsp3) is 0.240. The normalized spacial score (nSPS) is 11.2. The number of hydrogen-bond donors (Lipinski definition) is 1. The highest BCUT2D eigenvalue weighted by molar-refractivity contribution is 7.92. The van der Waals surface area contributed by atoms with Crippen LogP contribution in [0.2, 0.25) is 5.02 Å². The van der Waals surface area contributed by atoms with Crippen LogP contribution in [-0.2, 0) is 27.7 Å². The van der Waals surface area contributed by atoms with Crippen LogP contribution in [-0.4, -0.2) is 28.0 Å². The number of para-hydroxylation sites is 1. The van der Waals surface area contributed by atoms with E-state index < -0.39 is 22.5 Å². The van der Waals surface area contributed by atoms with Gasteiger partial charge in [-0.25, -0.2) is 8.42 Å². The van der Waals surface area contributed by atoms with Crippen LogP contribution in [0.25, 0.3) is 0 Å². The van der Waals surface area contributed by atoms with Crippen molar-refractivity contribution in [3.8, 4) is 5.75 Å². The van der Waals surface area contributed by atoms with E-state index in [4.69, 9.17) is 16.3 Å². The quantitative estimate of drug-likeness (QED) is 0.445. The molecule has 3 rings (SSSR count). The van der Waals surface area contributed by atoms with Gasteiger partial charge in [0.1, 0.15) is 12.3 Å². The second-order valence-electron chi connectivity index (χ2n) is 7.35. The van der Waals surface area contributed by atoms with Gasteiger partial charge in [0.05, 0.1) is 17.7 Å². The van der Waals surface area contributed by atoms with E-state index in [-0.39, 0.29) is 16.3 Å². The van der Waals surface area contributed by atoms with Crippen LogP contribution in [0.5, 0.6) is 5.75 Å². The van der Waals surface area contributed by atoms with Crippen LogP contribution in [0.1, 0.15) is 25.0 Å². The second kappa shape index (κ2) is 10.7. The van der Waals surface area contributed by atoms with Gasteiger partial charge < -0.3 is 10.1 Å². The lowest BCUT2D eigenvalue weighted by atomic mass is 10.0. The fourth-order valence-electron chi connectivity index (χ4n) is 3.59. The third-order valence-electron chi connectivity index (χ3n) is 5.29. The summed E-state index contributed by atoms with van der Waals surface area (Å²) in [5.74, 6) is -0.179. The average molecular weight is 487 g/mol. The summed E-state index contributed by atoms with van der Waals surface area (Å²) in [7, 11) is -2.65. The van der Waals surface area contributed by atoms with Crippen LogP contribution in [0.3, 0.4) is 0 Å². The van der Waals surface area contributed by atoms with Gasteiger partial charge in [0.25, 0.3) is 10.0 Å². The van der Waals surface area contributed by atoms with E-state index in [1.165, 1.54) is 25.3 Å². The number of carbonyl (C=O) groups is 1. The summed E-state index contributed by atoms with van der Waals surface area (Å²) in [6, 6.07) is 18.5. The molecule has 0 heterocycles. The van der Waals surface area contributed by atoms with Crippen molar-refractivity contribution < 1.29 is 17.9 Å². The molecule has 3 aromatic rings. The van der Waals surface area contributed by atoms with Crippen molar-refractivity contribution in [2.45, 2.75) is 31.6 Å². The third-order valence-corrected chi connectivity index (χ3v) is 7.30. The molecule has 0 unspecified atom stereocenters. The van der Waals surface area contributed by atoms with Gasteiger partial charge in [0, 0.05) is 10.7 Å². The van der Waals surface area contributed by atoms with Gasteiger partial charge in [-0.2, -0.15) is 0 Å². The predicted octanol–water partition coefficient (Wildman–Crippen LogP) is 5.31. The van der Waals surface area contributed by atoms with E-state index in [0.29, 0.717) is 5.02 Å². The molecule has 0 aliphatic carbocycles. The summed E-state index contributed by atoms with van der Waals surface area (Å²) in [6.45, 7) is 3.57. The number of sulfonamides is 1. The second-order valence-corrected chi connectivity index (χ2v) is 9.65. The van der Waals surface area contributed by atoms with Crippen LogP contribution >= 0.6 is 11.6 Å². The lowest BCUT2D eigenvalue weighted by molar-refractivity contribution is -0.114. The molecule has 0 radical (unpaired) electrons. The molecule has 0 saturated carbocycles. The number of nitrogens with zero attached hydrogens (tertiary/aromatic N) is 1. The van der Waals surface area contributed by atoms with Crippen molar-refractivity contribution in [2.75, 3.05) is 23.3 Å². The maximum Gasteiger partial charge on any atom is 0.264 e. The van der Waals surface area contributed by atoms with Gasteiger partial charge in [-0.3, -0.25) is 9.10 Å². The molecule has 0 saturated heterocycles. The highest BCUT2D eigenvalue weighted by Gasteiger charge is 2.30. The Kier molecular flexibility index (Phi) is 8.00. The van der Waals surface area contributed by atoms with Crippen molar-refractivity contribution in [3.63, 3.8) is 0 Å². The maximum atomic E-state index is 13.6. The number of ether oxygens (including phenoxy) is 1. The van der Waals surface area contributed by atoms with Crippen molar-refractivity contribution in [2.24, 2.45) is 0 Å². The van der Waals surface area contributed by atoms with Gasteiger partial charge in [-0.15, -0.1) is 0 Å².